The van der Waals surface area contributed by atoms with Crippen LogP contribution >= 0.6 is 0 Å². The molecule has 1 saturated heterocycles. The Morgan fingerprint density at radius 2 is 1.87 bits per heavy atom. The third-order valence-electron chi connectivity index (χ3n) is 6.54. The van der Waals surface area contributed by atoms with Crippen LogP contribution in [0, 0.1) is 24.6 Å². The maximum Gasteiger partial charge on any atom is 0.274 e. The predicted molar refractivity (Wildman–Crippen MR) is 142 cm³/mol. The third-order valence-corrected chi connectivity index (χ3v) is 6.54. The van der Waals surface area contributed by atoms with Gasteiger partial charge in [-0.2, -0.15) is 0 Å². The third kappa shape index (κ3) is 8.49. The molecule has 0 saturated carbocycles. The number of aromatic nitrogens is 1. The van der Waals surface area contributed by atoms with E-state index < -0.39 is 41.7 Å². The van der Waals surface area contributed by atoms with Crippen molar-refractivity contribution in [1.82, 2.24) is 26.4 Å². The Labute approximate surface area is 227 Å². The molecule has 0 aliphatic carbocycles. The van der Waals surface area contributed by atoms with E-state index in [0.717, 1.165) is 0 Å². The van der Waals surface area contributed by atoms with Gasteiger partial charge in [-0.1, -0.05) is 43.3 Å². The minimum Gasteiger partial charge on any atom is -0.361 e. The van der Waals surface area contributed by atoms with Gasteiger partial charge in [0, 0.05) is 31.0 Å². The first-order valence-corrected chi connectivity index (χ1v) is 13.1. The predicted octanol–water partition coefficient (Wildman–Crippen LogP) is 2.19. The second kappa shape index (κ2) is 13.7. The number of rotatable bonds is 12. The first-order chi connectivity index (χ1) is 18.6. The summed E-state index contributed by atoms with van der Waals surface area (Å²) in [5.41, 5.74) is 0.675. The number of nitrogens with zero attached hydrogens (tertiary/aromatic N) is 1. The molecule has 3 rings (SSSR count). The lowest BCUT2D eigenvalue weighted by Crippen LogP contribution is -2.57. The van der Waals surface area contributed by atoms with Crippen LogP contribution in [0.2, 0.25) is 0 Å². The minimum atomic E-state index is -1.03. The Morgan fingerprint density at radius 3 is 2.44 bits per heavy atom. The zero-order valence-corrected chi connectivity index (χ0v) is 22.6. The Hall–Kier alpha value is -4.02. The molecule has 4 N–H and O–H groups in total. The van der Waals surface area contributed by atoms with Crippen molar-refractivity contribution in [1.29, 1.82) is 0 Å². The summed E-state index contributed by atoms with van der Waals surface area (Å²) in [6, 6.07) is 4.69. The fourth-order valence-corrected chi connectivity index (χ4v) is 4.43. The monoisotopic (exact) mass is 541 g/mol. The molecular weight excluding hydrogens is 505 g/mol. The first-order valence-electron chi connectivity index (χ1n) is 13.1. The van der Waals surface area contributed by atoms with Crippen LogP contribution in [0.1, 0.15) is 55.4 Å². The van der Waals surface area contributed by atoms with Crippen LogP contribution in [0.3, 0.4) is 0 Å². The van der Waals surface area contributed by atoms with E-state index in [4.69, 9.17) is 4.52 Å². The van der Waals surface area contributed by atoms with Gasteiger partial charge in [0.2, 0.25) is 17.7 Å². The van der Waals surface area contributed by atoms with Gasteiger partial charge in [0.25, 0.3) is 5.91 Å². The van der Waals surface area contributed by atoms with E-state index >= 15 is 0 Å². The van der Waals surface area contributed by atoms with Gasteiger partial charge >= 0.3 is 0 Å². The fraction of sp³-hybridized carbons (Fsp3) is 0.464. The number of hydrogen-bond donors (Lipinski definition) is 4. The van der Waals surface area contributed by atoms with Crippen LogP contribution in [-0.2, 0) is 20.8 Å². The molecule has 1 aromatic carbocycles. The molecule has 2 aromatic rings. The van der Waals surface area contributed by atoms with Crippen LogP contribution in [-0.4, -0.2) is 53.5 Å². The number of halogens is 1. The highest BCUT2D eigenvalue weighted by atomic mass is 19.1. The highest BCUT2D eigenvalue weighted by Gasteiger charge is 2.32. The Kier molecular flexibility index (Phi) is 10.4. The fourth-order valence-electron chi connectivity index (χ4n) is 4.43. The molecule has 4 amide bonds. The SMILES string of the molecule is C/C=C/C(CC1CCNC1=O)NC(=O)C(Cc1ccc(F)cc1)NC(=O)C(NC(=O)c1cc(C)on1)C(C)C. The average molecular weight is 542 g/mol. The molecule has 39 heavy (non-hydrogen) atoms. The van der Waals surface area contributed by atoms with Crippen molar-refractivity contribution in [3.8, 4) is 0 Å². The molecule has 1 fully saturated rings. The topological polar surface area (TPSA) is 142 Å². The molecule has 1 aromatic heterocycles. The Bertz CT molecular complexity index is 1190. The van der Waals surface area contributed by atoms with Crippen molar-refractivity contribution in [3.05, 3.63) is 65.3 Å². The molecular formula is C28H36FN5O5. The molecule has 0 radical (unpaired) electrons. The van der Waals surface area contributed by atoms with Gasteiger partial charge in [0.1, 0.15) is 23.7 Å². The van der Waals surface area contributed by atoms with E-state index in [1.807, 2.05) is 6.92 Å². The number of hydrogen-bond acceptors (Lipinski definition) is 6. The van der Waals surface area contributed by atoms with E-state index in [0.29, 0.717) is 30.7 Å². The second-order valence-corrected chi connectivity index (χ2v) is 10.1. The number of nitrogens with one attached hydrogen (secondary N) is 4. The number of carbonyl (C=O) groups is 4. The molecule has 4 atom stereocenters. The van der Waals surface area contributed by atoms with Crippen molar-refractivity contribution in [2.45, 2.75) is 65.1 Å². The summed E-state index contributed by atoms with van der Waals surface area (Å²) < 4.78 is 18.4. The van der Waals surface area contributed by atoms with Gasteiger partial charge in [-0.15, -0.1) is 0 Å². The molecule has 11 heteroatoms. The van der Waals surface area contributed by atoms with E-state index in [1.54, 1.807) is 45.1 Å². The maximum absolute atomic E-state index is 13.5. The standard InChI is InChI=1S/C28H36FN5O5/c1-5-6-21(15-19-11-12-30-25(19)35)31-26(36)22(14-18-7-9-20(29)10-8-18)32-28(38)24(16(2)3)33-27(37)23-13-17(4)39-34-23/h5-10,13,16,19,21-22,24H,11-12,14-15H2,1-4H3,(H,30,35)(H,31,36)(H,32,38)(H,33,37)/b6-5+. The summed E-state index contributed by atoms with van der Waals surface area (Å²) in [5.74, 6) is -2.15. The molecule has 0 spiro atoms. The van der Waals surface area contributed by atoms with E-state index in [-0.39, 0.29) is 29.9 Å². The van der Waals surface area contributed by atoms with Crippen molar-refractivity contribution in [3.63, 3.8) is 0 Å². The summed E-state index contributed by atoms with van der Waals surface area (Å²) >= 11 is 0. The number of aryl methyl sites for hydroxylation is 1. The molecule has 1 aliphatic heterocycles. The van der Waals surface area contributed by atoms with Crippen molar-refractivity contribution < 1.29 is 28.1 Å². The first kappa shape index (κ1) is 29.5. The van der Waals surface area contributed by atoms with Gasteiger partial charge in [-0.25, -0.2) is 4.39 Å². The quantitative estimate of drug-likeness (QED) is 0.304. The summed E-state index contributed by atoms with van der Waals surface area (Å²) in [6.45, 7) is 7.59. The van der Waals surface area contributed by atoms with Gasteiger partial charge < -0.3 is 25.8 Å². The van der Waals surface area contributed by atoms with Crippen LogP contribution in [0.15, 0.2) is 47.0 Å². The molecule has 10 nitrogen and oxygen atoms in total. The summed E-state index contributed by atoms with van der Waals surface area (Å²) in [7, 11) is 0. The number of amides is 4. The number of benzene rings is 1. The van der Waals surface area contributed by atoms with Crippen molar-refractivity contribution in [2.24, 2.45) is 11.8 Å². The van der Waals surface area contributed by atoms with Crippen LogP contribution in [0.4, 0.5) is 4.39 Å². The zero-order chi connectivity index (χ0) is 28.5. The Morgan fingerprint density at radius 1 is 1.15 bits per heavy atom. The largest absolute Gasteiger partial charge is 0.361 e. The molecule has 0 bridgehead atoms. The summed E-state index contributed by atoms with van der Waals surface area (Å²) in [4.78, 5) is 51.6. The molecule has 210 valence electrons. The summed E-state index contributed by atoms with van der Waals surface area (Å²) in [5, 5.41) is 14.9. The van der Waals surface area contributed by atoms with Gasteiger partial charge in [0.15, 0.2) is 5.69 Å². The minimum absolute atomic E-state index is 0.0386. The second-order valence-electron chi connectivity index (χ2n) is 10.1. The van der Waals surface area contributed by atoms with Gasteiger partial charge in [0.05, 0.1) is 0 Å². The Balaban J connectivity index is 1.77. The van der Waals surface area contributed by atoms with Crippen molar-refractivity contribution in [2.75, 3.05) is 6.54 Å². The highest BCUT2D eigenvalue weighted by Crippen LogP contribution is 2.17. The molecule has 2 heterocycles. The van der Waals surface area contributed by atoms with Gasteiger partial charge in [-0.05, 0) is 50.3 Å². The van der Waals surface area contributed by atoms with E-state index in [2.05, 4.69) is 26.4 Å². The van der Waals surface area contributed by atoms with Gasteiger partial charge in [-0.3, -0.25) is 19.2 Å². The van der Waals surface area contributed by atoms with Crippen LogP contribution < -0.4 is 21.3 Å². The maximum atomic E-state index is 13.5. The lowest BCUT2D eigenvalue weighted by molar-refractivity contribution is -0.130. The average Bonchev–Trinajstić information content (AvgIpc) is 3.50. The number of allylic oxidation sites excluding steroid dienone is 1. The van der Waals surface area contributed by atoms with Crippen LogP contribution in [0.5, 0.6) is 0 Å². The smallest absolute Gasteiger partial charge is 0.274 e. The lowest BCUT2D eigenvalue weighted by atomic mass is 9.97. The number of carbonyl (C=O) groups excluding carboxylic acids is 4. The lowest BCUT2D eigenvalue weighted by Gasteiger charge is -2.26. The summed E-state index contributed by atoms with van der Waals surface area (Å²) in [6.07, 6.45) is 4.78. The normalized spacial score (nSPS) is 17.5. The van der Waals surface area contributed by atoms with Crippen molar-refractivity contribution >= 4 is 23.6 Å². The highest BCUT2D eigenvalue weighted by molar-refractivity contribution is 5.97. The van der Waals surface area contributed by atoms with Crippen LogP contribution in [0.25, 0.3) is 0 Å². The van der Waals surface area contributed by atoms with E-state index in [9.17, 15) is 23.6 Å². The zero-order valence-electron chi connectivity index (χ0n) is 22.6. The van der Waals surface area contributed by atoms with E-state index in [1.165, 1.54) is 18.2 Å². The molecule has 1 aliphatic rings. The molecule has 4 unspecified atom stereocenters.